The number of thiophene rings is 1. The molecule has 0 aliphatic carbocycles. The van der Waals surface area contributed by atoms with Gasteiger partial charge in [0.15, 0.2) is 18.9 Å². The van der Waals surface area contributed by atoms with Crippen LogP contribution in [0.3, 0.4) is 0 Å². The van der Waals surface area contributed by atoms with Gasteiger partial charge in [0.05, 0.1) is 4.88 Å². The number of hydrogen-bond donors (Lipinski definition) is 0. The van der Waals surface area contributed by atoms with Gasteiger partial charge >= 0.3 is 0 Å². The van der Waals surface area contributed by atoms with Crippen molar-refractivity contribution in [2.24, 2.45) is 0 Å². The van der Waals surface area contributed by atoms with E-state index in [1.807, 2.05) is 17.4 Å². The van der Waals surface area contributed by atoms with Crippen LogP contribution in [0.4, 0.5) is 0 Å². The van der Waals surface area contributed by atoms with Gasteiger partial charge in [-0.3, -0.25) is 0 Å². The summed E-state index contributed by atoms with van der Waals surface area (Å²) < 4.78 is 2.19. The third-order valence-corrected chi connectivity index (χ3v) is 2.94. The van der Waals surface area contributed by atoms with E-state index in [9.17, 15) is 0 Å². The number of pyridine rings is 1. The Labute approximate surface area is 82.3 Å². The SMILES string of the molecule is Cc1csc(C[n+]2ccccc2)c1. The Balaban J connectivity index is 2.15. The molecule has 2 heteroatoms. The topological polar surface area (TPSA) is 3.88 Å². The van der Waals surface area contributed by atoms with E-state index in [0.717, 1.165) is 6.54 Å². The molecule has 2 rings (SSSR count). The zero-order valence-electron chi connectivity index (χ0n) is 7.60. The first kappa shape index (κ1) is 8.45. The average Bonchev–Trinajstić information content (AvgIpc) is 2.53. The molecule has 0 saturated carbocycles. The van der Waals surface area contributed by atoms with Gasteiger partial charge in [-0.15, -0.1) is 11.3 Å². The minimum absolute atomic E-state index is 0.985. The standard InChI is InChI=1S/C11H12NS/c1-10-7-11(13-9-10)8-12-5-3-2-4-6-12/h2-7,9H,8H2,1H3/q+1. The van der Waals surface area contributed by atoms with Gasteiger partial charge < -0.3 is 0 Å². The van der Waals surface area contributed by atoms with Crippen molar-refractivity contribution in [3.63, 3.8) is 0 Å². The van der Waals surface area contributed by atoms with Crippen molar-refractivity contribution in [3.8, 4) is 0 Å². The van der Waals surface area contributed by atoms with Crippen molar-refractivity contribution in [3.05, 3.63) is 52.5 Å². The van der Waals surface area contributed by atoms with Crippen LogP contribution in [0.15, 0.2) is 42.0 Å². The average molecular weight is 190 g/mol. The van der Waals surface area contributed by atoms with Crippen molar-refractivity contribution in [2.75, 3.05) is 0 Å². The van der Waals surface area contributed by atoms with Crippen LogP contribution >= 0.6 is 11.3 Å². The van der Waals surface area contributed by atoms with Gasteiger partial charge in [-0.25, -0.2) is 0 Å². The Kier molecular flexibility index (Phi) is 2.41. The van der Waals surface area contributed by atoms with Crippen LogP contribution in [-0.4, -0.2) is 0 Å². The Morgan fingerprint density at radius 2 is 2.00 bits per heavy atom. The molecule has 2 heterocycles. The van der Waals surface area contributed by atoms with E-state index in [-0.39, 0.29) is 0 Å². The van der Waals surface area contributed by atoms with E-state index in [2.05, 4.69) is 47.5 Å². The van der Waals surface area contributed by atoms with Crippen LogP contribution in [-0.2, 0) is 6.54 Å². The summed E-state index contributed by atoms with van der Waals surface area (Å²) in [5.41, 5.74) is 1.36. The minimum Gasteiger partial charge on any atom is -0.200 e. The molecule has 0 saturated heterocycles. The molecule has 2 aromatic rings. The lowest BCUT2D eigenvalue weighted by molar-refractivity contribution is -0.687. The lowest BCUT2D eigenvalue weighted by Crippen LogP contribution is -2.32. The summed E-state index contributed by atoms with van der Waals surface area (Å²) in [6, 6.07) is 8.39. The van der Waals surface area contributed by atoms with Crippen molar-refractivity contribution in [1.29, 1.82) is 0 Å². The molecule has 0 aliphatic rings. The van der Waals surface area contributed by atoms with E-state index in [1.165, 1.54) is 10.4 Å². The maximum absolute atomic E-state index is 2.24. The lowest BCUT2D eigenvalue weighted by atomic mass is 10.3. The van der Waals surface area contributed by atoms with Crippen molar-refractivity contribution in [1.82, 2.24) is 0 Å². The molecule has 0 amide bonds. The van der Waals surface area contributed by atoms with Crippen molar-refractivity contribution < 1.29 is 4.57 Å². The largest absolute Gasteiger partial charge is 0.200 e. The van der Waals surface area contributed by atoms with Gasteiger partial charge in [0, 0.05) is 12.1 Å². The molecule has 1 nitrogen and oxygen atoms in total. The molecule has 0 unspecified atom stereocenters. The summed E-state index contributed by atoms with van der Waals surface area (Å²) in [5, 5.41) is 2.19. The molecule has 0 radical (unpaired) electrons. The molecule has 13 heavy (non-hydrogen) atoms. The fourth-order valence-electron chi connectivity index (χ4n) is 1.29. The molecular weight excluding hydrogens is 178 g/mol. The van der Waals surface area contributed by atoms with Crippen LogP contribution in [0.2, 0.25) is 0 Å². The van der Waals surface area contributed by atoms with Gasteiger partial charge in [0.2, 0.25) is 0 Å². The van der Waals surface area contributed by atoms with E-state index >= 15 is 0 Å². The van der Waals surface area contributed by atoms with Crippen LogP contribution < -0.4 is 4.57 Å². The smallest absolute Gasteiger partial charge is 0.182 e. The Morgan fingerprint density at radius 3 is 2.62 bits per heavy atom. The second-order valence-electron chi connectivity index (χ2n) is 3.14. The highest BCUT2D eigenvalue weighted by Gasteiger charge is 2.02. The number of rotatable bonds is 2. The van der Waals surface area contributed by atoms with E-state index in [4.69, 9.17) is 0 Å². The summed E-state index contributed by atoms with van der Waals surface area (Å²) in [6.45, 7) is 3.12. The number of aromatic nitrogens is 1. The Morgan fingerprint density at radius 1 is 1.23 bits per heavy atom. The van der Waals surface area contributed by atoms with Crippen molar-refractivity contribution in [2.45, 2.75) is 13.5 Å². The van der Waals surface area contributed by atoms with Crippen LogP contribution in [0.1, 0.15) is 10.4 Å². The van der Waals surface area contributed by atoms with Crippen LogP contribution in [0.5, 0.6) is 0 Å². The third-order valence-electron chi connectivity index (χ3n) is 1.90. The quantitative estimate of drug-likeness (QED) is 0.640. The summed E-state index contributed by atoms with van der Waals surface area (Å²) in [5.74, 6) is 0. The molecule has 0 aliphatic heterocycles. The first-order valence-corrected chi connectivity index (χ1v) is 5.21. The Hall–Kier alpha value is -1.15. The zero-order chi connectivity index (χ0) is 9.10. The van der Waals surface area contributed by atoms with Gasteiger partial charge in [-0.2, -0.15) is 4.57 Å². The van der Waals surface area contributed by atoms with Crippen LogP contribution in [0, 0.1) is 6.92 Å². The summed E-state index contributed by atoms with van der Waals surface area (Å²) in [7, 11) is 0. The molecule has 2 aromatic heterocycles. The predicted octanol–water partition coefficient (Wildman–Crippen LogP) is 2.39. The number of aryl methyl sites for hydroxylation is 1. The fraction of sp³-hybridized carbons (Fsp3) is 0.182. The molecule has 0 spiro atoms. The maximum atomic E-state index is 2.24. The highest BCUT2D eigenvalue weighted by Crippen LogP contribution is 2.12. The molecule has 0 bridgehead atoms. The zero-order valence-corrected chi connectivity index (χ0v) is 8.42. The highest BCUT2D eigenvalue weighted by atomic mass is 32.1. The molecule has 0 atom stereocenters. The molecule has 0 fully saturated rings. The number of nitrogens with zero attached hydrogens (tertiary/aromatic N) is 1. The lowest BCUT2D eigenvalue weighted by Gasteiger charge is -1.91. The van der Waals surface area contributed by atoms with Gasteiger partial charge in [0.25, 0.3) is 0 Å². The molecule has 66 valence electrons. The third kappa shape index (κ3) is 2.16. The first-order chi connectivity index (χ1) is 6.34. The monoisotopic (exact) mass is 190 g/mol. The fourth-order valence-corrected chi connectivity index (χ4v) is 2.18. The summed E-state index contributed by atoms with van der Waals surface area (Å²) >= 11 is 1.82. The molecule has 0 aromatic carbocycles. The van der Waals surface area contributed by atoms with Gasteiger partial charge in [0.1, 0.15) is 0 Å². The number of hydrogen-bond acceptors (Lipinski definition) is 1. The minimum atomic E-state index is 0.985. The molecule has 0 N–H and O–H groups in total. The van der Waals surface area contributed by atoms with Crippen molar-refractivity contribution >= 4 is 11.3 Å². The van der Waals surface area contributed by atoms with E-state index in [1.54, 1.807) is 0 Å². The highest BCUT2D eigenvalue weighted by molar-refractivity contribution is 7.10. The van der Waals surface area contributed by atoms with Gasteiger partial charge in [-0.05, 0) is 23.9 Å². The normalized spacial score (nSPS) is 10.2. The molecular formula is C11H12NS+. The summed E-state index contributed by atoms with van der Waals surface area (Å²) in [6.07, 6.45) is 4.18. The second kappa shape index (κ2) is 3.71. The van der Waals surface area contributed by atoms with E-state index in [0.29, 0.717) is 0 Å². The van der Waals surface area contributed by atoms with E-state index < -0.39 is 0 Å². The maximum Gasteiger partial charge on any atom is 0.182 e. The van der Waals surface area contributed by atoms with Gasteiger partial charge in [-0.1, -0.05) is 6.07 Å². The Bertz CT molecular complexity index is 378. The second-order valence-corrected chi connectivity index (χ2v) is 4.13. The summed E-state index contributed by atoms with van der Waals surface area (Å²) in [4.78, 5) is 1.41. The predicted molar refractivity (Wildman–Crippen MR) is 54.8 cm³/mol. The first-order valence-electron chi connectivity index (χ1n) is 4.33. The van der Waals surface area contributed by atoms with Crippen LogP contribution in [0.25, 0.3) is 0 Å².